The van der Waals surface area contributed by atoms with Crippen molar-refractivity contribution in [1.29, 1.82) is 0 Å². The van der Waals surface area contributed by atoms with Crippen LogP contribution in [0.4, 0.5) is 5.69 Å². The summed E-state index contributed by atoms with van der Waals surface area (Å²) in [7, 11) is 1.69. The Bertz CT molecular complexity index is 776. The average molecular weight is 389 g/mol. The van der Waals surface area contributed by atoms with E-state index in [0.717, 1.165) is 42.9 Å². The van der Waals surface area contributed by atoms with Crippen molar-refractivity contribution < 1.29 is 14.6 Å². The minimum atomic E-state index is -0.802. The highest BCUT2D eigenvalue weighted by atomic mass is 35.5. The zero-order valence-corrected chi connectivity index (χ0v) is 16.2. The molecule has 0 aliphatic carbocycles. The number of carbonyl (C=O) groups is 1. The first-order valence-corrected chi connectivity index (χ1v) is 9.53. The van der Waals surface area contributed by atoms with Gasteiger partial charge in [0.25, 0.3) is 0 Å². The fourth-order valence-electron chi connectivity index (χ4n) is 3.72. The van der Waals surface area contributed by atoms with Gasteiger partial charge in [0.15, 0.2) is 0 Å². The number of carboxylic acids is 1. The molecule has 3 rings (SSSR count). The molecular weight excluding hydrogens is 364 g/mol. The van der Waals surface area contributed by atoms with Crippen molar-refractivity contribution in [1.82, 2.24) is 4.90 Å². The molecule has 2 aromatic rings. The third-order valence-electron chi connectivity index (χ3n) is 5.02. The number of rotatable bonds is 7. The van der Waals surface area contributed by atoms with Crippen molar-refractivity contribution in [3.05, 3.63) is 59.1 Å². The van der Waals surface area contributed by atoms with Gasteiger partial charge in [0.05, 0.1) is 19.3 Å². The molecule has 1 heterocycles. The van der Waals surface area contributed by atoms with Crippen LogP contribution in [0, 0.1) is 0 Å². The fourth-order valence-corrected chi connectivity index (χ4v) is 3.93. The SMILES string of the molecule is COc1ccccc1N1CCC(N(CC(=O)O)Cc2cccc(Cl)c2)CC1. The van der Waals surface area contributed by atoms with E-state index in [2.05, 4.69) is 11.0 Å². The van der Waals surface area contributed by atoms with Gasteiger partial charge in [-0.15, -0.1) is 0 Å². The lowest BCUT2D eigenvalue weighted by Gasteiger charge is -2.39. The number of para-hydroxylation sites is 2. The van der Waals surface area contributed by atoms with Crippen LogP contribution in [0.2, 0.25) is 5.02 Å². The molecular formula is C21H25ClN2O3. The summed E-state index contributed by atoms with van der Waals surface area (Å²) in [5.41, 5.74) is 2.13. The number of nitrogens with zero attached hydrogens (tertiary/aromatic N) is 2. The van der Waals surface area contributed by atoms with E-state index in [1.165, 1.54) is 0 Å². The van der Waals surface area contributed by atoms with Gasteiger partial charge in [-0.1, -0.05) is 35.9 Å². The van der Waals surface area contributed by atoms with Gasteiger partial charge in [0, 0.05) is 30.7 Å². The van der Waals surface area contributed by atoms with Gasteiger partial charge >= 0.3 is 5.97 Å². The van der Waals surface area contributed by atoms with E-state index in [0.29, 0.717) is 11.6 Å². The third-order valence-corrected chi connectivity index (χ3v) is 5.25. The maximum Gasteiger partial charge on any atom is 0.317 e. The Balaban J connectivity index is 1.68. The van der Waals surface area contributed by atoms with Gasteiger partial charge in [-0.3, -0.25) is 9.69 Å². The fraction of sp³-hybridized carbons (Fsp3) is 0.381. The number of benzene rings is 2. The maximum absolute atomic E-state index is 11.4. The summed E-state index contributed by atoms with van der Waals surface area (Å²) in [6.45, 7) is 2.37. The van der Waals surface area contributed by atoms with Crippen molar-refractivity contribution >= 4 is 23.3 Å². The molecule has 5 nitrogen and oxygen atoms in total. The minimum Gasteiger partial charge on any atom is -0.495 e. The standard InChI is InChI=1S/C21H25ClN2O3/c1-27-20-8-3-2-7-19(20)23-11-9-18(10-12-23)24(15-21(25)26)14-16-5-4-6-17(22)13-16/h2-8,13,18H,9-12,14-15H2,1H3,(H,25,26). The number of piperidine rings is 1. The maximum atomic E-state index is 11.4. The molecule has 1 aliphatic rings. The topological polar surface area (TPSA) is 53.0 Å². The van der Waals surface area contributed by atoms with Gasteiger partial charge in [0.1, 0.15) is 5.75 Å². The summed E-state index contributed by atoms with van der Waals surface area (Å²) in [5, 5.41) is 10.0. The summed E-state index contributed by atoms with van der Waals surface area (Å²) < 4.78 is 5.47. The van der Waals surface area contributed by atoms with Crippen molar-refractivity contribution in [3.63, 3.8) is 0 Å². The van der Waals surface area contributed by atoms with Crippen LogP contribution in [-0.4, -0.2) is 48.8 Å². The van der Waals surface area contributed by atoms with Crippen molar-refractivity contribution in [2.24, 2.45) is 0 Å². The second-order valence-electron chi connectivity index (χ2n) is 6.82. The van der Waals surface area contributed by atoms with Gasteiger partial charge in [0.2, 0.25) is 0 Å². The van der Waals surface area contributed by atoms with Crippen LogP contribution in [-0.2, 0) is 11.3 Å². The van der Waals surface area contributed by atoms with Crippen LogP contribution in [0.5, 0.6) is 5.75 Å². The highest BCUT2D eigenvalue weighted by Gasteiger charge is 2.27. The molecule has 0 amide bonds. The molecule has 0 unspecified atom stereocenters. The summed E-state index contributed by atoms with van der Waals surface area (Å²) >= 11 is 6.08. The highest BCUT2D eigenvalue weighted by molar-refractivity contribution is 6.30. The van der Waals surface area contributed by atoms with Gasteiger partial charge < -0.3 is 14.7 Å². The third kappa shape index (κ3) is 5.15. The summed E-state index contributed by atoms with van der Waals surface area (Å²) in [6.07, 6.45) is 1.82. The number of aliphatic carboxylic acids is 1. The van der Waals surface area contributed by atoms with Gasteiger partial charge in [-0.2, -0.15) is 0 Å². The lowest BCUT2D eigenvalue weighted by molar-refractivity contribution is -0.139. The molecule has 2 aromatic carbocycles. The molecule has 144 valence electrons. The zero-order chi connectivity index (χ0) is 19.2. The molecule has 0 saturated carbocycles. The van der Waals surface area contributed by atoms with Crippen LogP contribution in [0.15, 0.2) is 48.5 Å². The van der Waals surface area contributed by atoms with Crippen LogP contribution < -0.4 is 9.64 Å². The summed E-state index contributed by atoms with van der Waals surface area (Å²) in [4.78, 5) is 15.7. The van der Waals surface area contributed by atoms with E-state index in [1.807, 2.05) is 47.4 Å². The number of methoxy groups -OCH3 is 1. The quantitative estimate of drug-likeness (QED) is 0.779. The molecule has 6 heteroatoms. The smallest absolute Gasteiger partial charge is 0.317 e. The number of halogens is 1. The molecule has 0 spiro atoms. The van der Waals surface area contributed by atoms with E-state index in [1.54, 1.807) is 7.11 Å². The first-order valence-electron chi connectivity index (χ1n) is 9.15. The van der Waals surface area contributed by atoms with Crippen molar-refractivity contribution in [3.8, 4) is 5.75 Å². The monoisotopic (exact) mass is 388 g/mol. The highest BCUT2D eigenvalue weighted by Crippen LogP contribution is 2.31. The molecule has 1 N–H and O–H groups in total. The van der Waals surface area contributed by atoms with E-state index in [4.69, 9.17) is 16.3 Å². The van der Waals surface area contributed by atoms with E-state index in [-0.39, 0.29) is 12.6 Å². The Morgan fingerprint density at radius 3 is 2.63 bits per heavy atom. The average Bonchev–Trinajstić information content (AvgIpc) is 2.67. The molecule has 0 atom stereocenters. The lowest BCUT2D eigenvalue weighted by atomic mass is 10.0. The Labute approximate surface area is 165 Å². The van der Waals surface area contributed by atoms with E-state index in [9.17, 15) is 9.90 Å². The molecule has 0 radical (unpaired) electrons. The number of hydrogen-bond donors (Lipinski definition) is 1. The van der Waals surface area contributed by atoms with Crippen molar-refractivity contribution in [2.45, 2.75) is 25.4 Å². The molecule has 0 aromatic heterocycles. The minimum absolute atomic E-state index is 0.0336. The second kappa shape index (κ2) is 9.11. The van der Waals surface area contributed by atoms with Crippen LogP contribution in [0.3, 0.4) is 0 Å². The second-order valence-corrected chi connectivity index (χ2v) is 7.26. The number of anilines is 1. The number of hydrogen-bond acceptors (Lipinski definition) is 4. The van der Waals surface area contributed by atoms with Crippen LogP contribution >= 0.6 is 11.6 Å². The zero-order valence-electron chi connectivity index (χ0n) is 15.5. The van der Waals surface area contributed by atoms with Crippen molar-refractivity contribution in [2.75, 3.05) is 31.6 Å². The Hall–Kier alpha value is -2.24. The van der Waals surface area contributed by atoms with Crippen LogP contribution in [0.1, 0.15) is 18.4 Å². The Morgan fingerprint density at radius 2 is 1.96 bits per heavy atom. The molecule has 1 aliphatic heterocycles. The number of carboxylic acid groups (broad SMARTS) is 1. The summed E-state index contributed by atoms with van der Waals surface area (Å²) in [5.74, 6) is 0.0708. The van der Waals surface area contributed by atoms with Gasteiger partial charge in [-0.25, -0.2) is 0 Å². The molecule has 0 bridgehead atoms. The molecule has 1 fully saturated rings. The van der Waals surface area contributed by atoms with Crippen LogP contribution in [0.25, 0.3) is 0 Å². The predicted octanol–water partition coefficient (Wildman–Crippen LogP) is 3.90. The molecule has 27 heavy (non-hydrogen) atoms. The predicted molar refractivity (Wildman–Crippen MR) is 108 cm³/mol. The van der Waals surface area contributed by atoms with E-state index >= 15 is 0 Å². The normalized spacial score (nSPS) is 15.1. The first-order chi connectivity index (χ1) is 13.1. The molecule has 1 saturated heterocycles. The first kappa shape index (κ1) is 19.5. The Morgan fingerprint density at radius 1 is 1.22 bits per heavy atom. The van der Waals surface area contributed by atoms with E-state index < -0.39 is 5.97 Å². The largest absolute Gasteiger partial charge is 0.495 e. The summed E-state index contributed by atoms with van der Waals surface area (Å²) in [6, 6.07) is 15.9. The number of ether oxygens (including phenoxy) is 1. The van der Waals surface area contributed by atoms with Gasteiger partial charge in [-0.05, 0) is 42.7 Å². The Kier molecular flexibility index (Phi) is 6.58. The lowest BCUT2D eigenvalue weighted by Crippen LogP contribution is -2.46.